The highest BCUT2D eigenvalue weighted by Crippen LogP contribution is 2.36. The van der Waals surface area contributed by atoms with Crippen molar-refractivity contribution >= 4 is 0 Å². The van der Waals surface area contributed by atoms with Gasteiger partial charge in [0.25, 0.3) is 0 Å². The Morgan fingerprint density at radius 1 is 1.13 bits per heavy atom. The van der Waals surface area contributed by atoms with Gasteiger partial charge >= 0.3 is 0 Å². The molecule has 0 radical (unpaired) electrons. The third-order valence-electron chi connectivity index (χ3n) is 3.66. The van der Waals surface area contributed by atoms with Crippen molar-refractivity contribution in [1.82, 2.24) is 4.98 Å². The van der Waals surface area contributed by atoms with Gasteiger partial charge in [0.05, 0.1) is 0 Å². The van der Waals surface area contributed by atoms with Crippen LogP contribution in [-0.2, 0) is 5.41 Å². The van der Waals surface area contributed by atoms with Gasteiger partial charge in [-0.05, 0) is 25.0 Å². The number of hydrogen-bond acceptors (Lipinski definition) is 2. The molecule has 1 fully saturated rings. The molecule has 2 N–H and O–H groups in total. The van der Waals surface area contributed by atoms with Crippen LogP contribution in [-0.4, -0.2) is 11.5 Å². The third kappa shape index (κ3) is 2.20. The third-order valence-corrected chi connectivity index (χ3v) is 3.66. The molecule has 0 atom stereocenters. The molecule has 0 aliphatic heterocycles. The zero-order valence-electron chi connectivity index (χ0n) is 9.28. The van der Waals surface area contributed by atoms with Gasteiger partial charge in [-0.3, -0.25) is 4.98 Å². The van der Waals surface area contributed by atoms with E-state index in [1.165, 1.54) is 44.2 Å². The Bertz CT molecular complexity index is 287. The number of pyridine rings is 1. The van der Waals surface area contributed by atoms with E-state index in [1.807, 2.05) is 12.3 Å². The average molecular weight is 204 g/mol. The van der Waals surface area contributed by atoms with Crippen molar-refractivity contribution in [3.05, 3.63) is 30.1 Å². The predicted molar refractivity (Wildman–Crippen MR) is 62.7 cm³/mol. The van der Waals surface area contributed by atoms with E-state index in [1.54, 1.807) is 0 Å². The first-order chi connectivity index (χ1) is 7.37. The Morgan fingerprint density at radius 3 is 2.40 bits per heavy atom. The van der Waals surface area contributed by atoms with Crippen LogP contribution < -0.4 is 5.73 Å². The second-order valence-electron chi connectivity index (χ2n) is 4.61. The zero-order chi connectivity index (χ0) is 10.6. The summed E-state index contributed by atoms with van der Waals surface area (Å²) in [6, 6.07) is 6.19. The maximum atomic E-state index is 6.00. The molecule has 1 aromatic rings. The summed E-state index contributed by atoms with van der Waals surface area (Å²) in [5, 5.41) is 0. The van der Waals surface area contributed by atoms with Crippen LogP contribution in [0.2, 0.25) is 0 Å². The van der Waals surface area contributed by atoms with Crippen molar-refractivity contribution in [1.29, 1.82) is 0 Å². The lowest BCUT2D eigenvalue weighted by Gasteiger charge is -2.30. The van der Waals surface area contributed by atoms with Gasteiger partial charge in [0.15, 0.2) is 0 Å². The largest absolute Gasteiger partial charge is 0.330 e. The molecule has 2 nitrogen and oxygen atoms in total. The van der Waals surface area contributed by atoms with Gasteiger partial charge in [-0.1, -0.05) is 31.7 Å². The summed E-state index contributed by atoms with van der Waals surface area (Å²) in [7, 11) is 0. The molecular formula is C13H20N2. The van der Waals surface area contributed by atoms with Gasteiger partial charge in [-0.25, -0.2) is 0 Å². The van der Waals surface area contributed by atoms with E-state index in [9.17, 15) is 0 Å². The Hall–Kier alpha value is -0.890. The van der Waals surface area contributed by atoms with Crippen LogP contribution in [0.25, 0.3) is 0 Å². The van der Waals surface area contributed by atoms with Crippen molar-refractivity contribution < 1.29 is 0 Å². The van der Waals surface area contributed by atoms with E-state index < -0.39 is 0 Å². The quantitative estimate of drug-likeness (QED) is 0.752. The molecule has 1 aliphatic carbocycles. The molecule has 1 aromatic heterocycles. The lowest BCUT2D eigenvalue weighted by atomic mass is 9.77. The summed E-state index contributed by atoms with van der Waals surface area (Å²) in [6.07, 6.45) is 9.61. The minimum Gasteiger partial charge on any atom is -0.330 e. The second kappa shape index (κ2) is 4.75. The molecule has 1 saturated carbocycles. The molecular weight excluding hydrogens is 184 g/mol. The van der Waals surface area contributed by atoms with Crippen molar-refractivity contribution in [2.24, 2.45) is 5.73 Å². The standard InChI is InChI=1S/C13H20N2/c14-11-13(8-4-1-2-5-9-13)12-7-3-6-10-15-12/h3,6-7,10H,1-2,4-5,8-9,11,14H2. The summed E-state index contributed by atoms with van der Waals surface area (Å²) in [5.41, 5.74) is 7.37. The predicted octanol–water partition coefficient (Wildman–Crippen LogP) is 2.63. The lowest BCUT2D eigenvalue weighted by molar-refractivity contribution is 0.370. The van der Waals surface area contributed by atoms with Crippen LogP contribution in [0, 0.1) is 0 Å². The fraction of sp³-hybridized carbons (Fsp3) is 0.615. The van der Waals surface area contributed by atoms with Gasteiger partial charge in [0.1, 0.15) is 0 Å². The van der Waals surface area contributed by atoms with E-state index in [4.69, 9.17) is 5.73 Å². The van der Waals surface area contributed by atoms with Crippen LogP contribution in [0.3, 0.4) is 0 Å². The maximum Gasteiger partial charge on any atom is 0.0477 e. The second-order valence-corrected chi connectivity index (χ2v) is 4.61. The SMILES string of the molecule is NCC1(c2ccccn2)CCCCCC1. The fourth-order valence-electron chi connectivity index (χ4n) is 2.65. The highest BCUT2D eigenvalue weighted by Gasteiger charge is 2.32. The van der Waals surface area contributed by atoms with Crippen LogP contribution in [0.5, 0.6) is 0 Å². The fourth-order valence-corrected chi connectivity index (χ4v) is 2.65. The highest BCUT2D eigenvalue weighted by molar-refractivity contribution is 5.18. The van der Waals surface area contributed by atoms with Gasteiger partial charge in [0, 0.05) is 23.9 Å². The average Bonchev–Trinajstić information content (AvgIpc) is 2.56. The van der Waals surface area contributed by atoms with E-state index in [2.05, 4.69) is 17.1 Å². The van der Waals surface area contributed by atoms with Crippen LogP contribution in [0.15, 0.2) is 24.4 Å². The first kappa shape index (κ1) is 10.6. The highest BCUT2D eigenvalue weighted by atomic mass is 14.7. The Labute approximate surface area is 91.9 Å². The summed E-state index contributed by atoms with van der Waals surface area (Å²) in [5.74, 6) is 0. The molecule has 0 unspecified atom stereocenters. The first-order valence-electron chi connectivity index (χ1n) is 5.99. The molecule has 1 aliphatic rings. The summed E-state index contributed by atoms with van der Waals surface area (Å²) in [6.45, 7) is 0.740. The monoisotopic (exact) mass is 204 g/mol. The molecule has 1 heterocycles. The number of nitrogens with two attached hydrogens (primary N) is 1. The van der Waals surface area contributed by atoms with E-state index >= 15 is 0 Å². The number of aromatic nitrogens is 1. The maximum absolute atomic E-state index is 6.00. The van der Waals surface area contributed by atoms with E-state index in [-0.39, 0.29) is 5.41 Å². The minimum absolute atomic E-state index is 0.164. The molecule has 0 bridgehead atoms. The Balaban J connectivity index is 2.27. The molecule has 2 heteroatoms. The van der Waals surface area contributed by atoms with Crippen molar-refractivity contribution in [2.45, 2.75) is 43.9 Å². The van der Waals surface area contributed by atoms with Gasteiger partial charge < -0.3 is 5.73 Å². The Kier molecular flexibility index (Phi) is 3.37. The number of nitrogens with zero attached hydrogens (tertiary/aromatic N) is 1. The van der Waals surface area contributed by atoms with E-state index in [0.717, 1.165) is 6.54 Å². The van der Waals surface area contributed by atoms with Gasteiger partial charge in [-0.2, -0.15) is 0 Å². The topological polar surface area (TPSA) is 38.9 Å². The van der Waals surface area contributed by atoms with Crippen LogP contribution in [0.1, 0.15) is 44.2 Å². The number of hydrogen-bond donors (Lipinski definition) is 1. The minimum atomic E-state index is 0.164. The summed E-state index contributed by atoms with van der Waals surface area (Å²) < 4.78 is 0. The molecule has 0 saturated heterocycles. The van der Waals surface area contributed by atoms with Crippen molar-refractivity contribution in [3.63, 3.8) is 0 Å². The van der Waals surface area contributed by atoms with Crippen molar-refractivity contribution in [2.75, 3.05) is 6.54 Å². The van der Waals surface area contributed by atoms with Crippen LogP contribution in [0.4, 0.5) is 0 Å². The summed E-state index contributed by atoms with van der Waals surface area (Å²) in [4.78, 5) is 4.51. The van der Waals surface area contributed by atoms with E-state index in [0.29, 0.717) is 0 Å². The van der Waals surface area contributed by atoms with Crippen LogP contribution >= 0.6 is 0 Å². The summed E-state index contributed by atoms with van der Waals surface area (Å²) >= 11 is 0. The number of rotatable bonds is 2. The molecule has 2 rings (SSSR count). The smallest absolute Gasteiger partial charge is 0.0477 e. The molecule has 15 heavy (non-hydrogen) atoms. The molecule has 0 amide bonds. The lowest BCUT2D eigenvalue weighted by Crippen LogP contribution is -2.35. The Morgan fingerprint density at radius 2 is 1.87 bits per heavy atom. The molecule has 82 valence electrons. The first-order valence-corrected chi connectivity index (χ1v) is 5.99. The van der Waals surface area contributed by atoms with Gasteiger partial charge in [-0.15, -0.1) is 0 Å². The van der Waals surface area contributed by atoms with Gasteiger partial charge in [0.2, 0.25) is 0 Å². The van der Waals surface area contributed by atoms with Crippen molar-refractivity contribution in [3.8, 4) is 0 Å². The molecule has 0 spiro atoms. The molecule has 0 aromatic carbocycles. The zero-order valence-corrected chi connectivity index (χ0v) is 9.28. The normalized spacial score (nSPS) is 20.9.